The molecule has 2 aromatic rings. The average Bonchev–Trinajstić information content (AvgIpc) is 2.67. The number of amides is 2. The molecule has 2 amide bonds. The highest BCUT2D eigenvalue weighted by atomic mass is 16.4. The number of nitrogens with one attached hydrogen (secondary N) is 2. The molecular weight excluding hydrogens is 356 g/mol. The minimum Gasteiger partial charge on any atom is -0.480 e. The van der Waals surface area contributed by atoms with Gasteiger partial charge in [0.15, 0.2) is 0 Å². The standard InChI is InChI=1S/C22H24N2O4/c1-14(25)23-18-11-9-16(10-12-18)21(26)24-20(22(27)28)13-17-7-4-6-15-5-2-3-8-19(15)17/h2-3,5,8-12,17,20H,4,6-7,13H2,1H3,(H,23,25)(H,24,26)(H,27,28). The number of hydrogen-bond acceptors (Lipinski definition) is 3. The van der Waals surface area contributed by atoms with Crippen molar-refractivity contribution in [1.29, 1.82) is 0 Å². The number of benzene rings is 2. The number of carbonyl (C=O) groups is 3. The van der Waals surface area contributed by atoms with Crippen LogP contribution in [-0.4, -0.2) is 28.9 Å². The highest BCUT2D eigenvalue weighted by molar-refractivity contribution is 5.97. The van der Waals surface area contributed by atoms with Crippen molar-refractivity contribution >= 4 is 23.5 Å². The molecule has 2 aromatic carbocycles. The number of aliphatic carboxylic acids is 1. The van der Waals surface area contributed by atoms with Crippen molar-refractivity contribution in [2.24, 2.45) is 0 Å². The SMILES string of the molecule is CC(=O)Nc1ccc(C(=O)NC(CC2CCCc3ccccc32)C(=O)O)cc1. The van der Waals surface area contributed by atoms with Crippen molar-refractivity contribution in [3.63, 3.8) is 0 Å². The minimum atomic E-state index is -1.04. The van der Waals surface area contributed by atoms with Crippen LogP contribution in [0, 0.1) is 0 Å². The summed E-state index contributed by atoms with van der Waals surface area (Å²) in [6.07, 6.45) is 3.31. The highest BCUT2D eigenvalue weighted by Crippen LogP contribution is 2.34. The maximum atomic E-state index is 12.5. The van der Waals surface area contributed by atoms with Gasteiger partial charge in [0, 0.05) is 18.2 Å². The summed E-state index contributed by atoms with van der Waals surface area (Å²) in [5, 5.41) is 14.9. The number of fused-ring (bicyclic) bond motifs is 1. The number of carboxylic acids is 1. The average molecular weight is 380 g/mol. The van der Waals surface area contributed by atoms with Gasteiger partial charge in [0.25, 0.3) is 5.91 Å². The van der Waals surface area contributed by atoms with Gasteiger partial charge >= 0.3 is 5.97 Å². The van der Waals surface area contributed by atoms with Gasteiger partial charge in [-0.15, -0.1) is 0 Å². The monoisotopic (exact) mass is 380 g/mol. The van der Waals surface area contributed by atoms with E-state index in [1.807, 2.05) is 12.1 Å². The lowest BCUT2D eigenvalue weighted by Gasteiger charge is -2.28. The molecule has 28 heavy (non-hydrogen) atoms. The van der Waals surface area contributed by atoms with Crippen LogP contribution in [0.25, 0.3) is 0 Å². The van der Waals surface area contributed by atoms with Gasteiger partial charge in [-0.25, -0.2) is 4.79 Å². The van der Waals surface area contributed by atoms with E-state index in [2.05, 4.69) is 22.8 Å². The Morgan fingerprint density at radius 3 is 2.50 bits per heavy atom. The molecule has 2 atom stereocenters. The van der Waals surface area contributed by atoms with Crippen molar-refractivity contribution < 1.29 is 19.5 Å². The third-order valence-electron chi connectivity index (χ3n) is 5.08. The van der Waals surface area contributed by atoms with Crippen LogP contribution in [0.15, 0.2) is 48.5 Å². The van der Waals surface area contributed by atoms with Crippen LogP contribution in [-0.2, 0) is 16.0 Å². The van der Waals surface area contributed by atoms with Crippen LogP contribution in [0.1, 0.15) is 53.6 Å². The molecule has 3 N–H and O–H groups in total. The Hall–Kier alpha value is -3.15. The fraction of sp³-hybridized carbons (Fsp3) is 0.318. The first-order valence-electron chi connectivity index (χ1n) is 9.43. The molecule has 1 aliphatic rings. The van der Waals surface area contributed by atoms with Crippen LogP contribution in [0.3, 0.4) is 0 Å². The van der Waals surface area contributed by atoms with E-state index in [4.69, 9.17) is 0 Å². The van der Waals surface area contributed by atoms with Gasteiger partial charge in [0.05, 0.1) is 0 Å². The summed E-state index contributed by atoms with van der Waals surface area (Å²) < 4.78 is 0. The fourth-order valence-electron chi connectivity index (χ4n) is 3.76. The van der Waals surface area contributed by atoms with Crippen molar-refractivity contribution in [3.8, 4) is 0 Å². The maximum Gasteiger partial charge on any atom is 0.326 e. The first-order valence-corrected chi connectivity index (χ1v) is 9.43. The molecular formula is C22H24N2O4. The van der Waals surface area contributed by atoms with Crippen LogP contribution >= 0.6 is 0 Å². The number of rotatable bonds is 6. The van der Waals surface area contributed by atoms with Crippen molar-refractivity contribution in [2.45, 2.75) is 44.6 Å². The smallest absolute Gasteiger partial charge is 0.326 e. The van der Waals surface area contributed by atoms with Gasteiger partial charge < -0.3 is 15.7 Å². The topological polar surface area (TPSA) is 95.5 Å². The Kier molecular flexibility index (Phi) is 6.09. The predicted molar refractivity (Wildman–Crippen MR) is 106 cm³/mol. The van der Waals surface area contributed by atoms with Crippen LogP contribution < -0.4 is 10.6 Å². The van der Waals surface area contributed by atoms with E-state index >= 15 is 0 Å². The predicted octanol–water partition coefficient (Wildman–Crippen LogP) is 3.34. The van der Waals surface area contributed by atoms with Gasteiger partial charge in [-0.05, 0) is 67.0 Å². The number of carboxylic acid groups (broad SMARTS) is 1. The summed E-state index contributed by atoms with van der Waals surface area (Å²) in [7, 11) is 0. The first-order chi connectivity index (χ1) is 13.4. The second-order valence-electron chi connectivity index (χ2n) is 7.15. The zero-order chi connectivity index (χ0) is 20.1. The van der Waals surface area contributed by atoms with E-state index in [0.29, 0.717) is 17.7 Å². The summed E-state index contributed by atoms with van der Waals surface area (Å²) >= 11 is 0. The van der Waals surface area contributed by atoms with E-state index in [9.17, 15) is 19.5 Å². The number of hydrogen-bond donors (Lipinski definition) is 3. The molecule has 0 heterocycles. The van der Waals surface area contributed by atoms with Crippen LogP contribution in [0.2, 0.25) is 0 Å². The molecule has 0 fully saturated rings. The molecule has 6 heteroatoms. The lowest BCUT2D eigenvalue weighted by molar-refractivity contribution is -0.139. The summed E-state index contributed by atoms with van der Waals surface area (Å²) in [6, 6.07) is 13.5. The van der Waals surface area contributed by atoms with E-state index in [0.717, 1.165) is 19.3 Å². The van der Waals surface area contributed by atoms with E-state index < -0.39 is 17.9 Å². The number of carbonyl (C=O) groups excluding carboxylic acids is 2. The van der Waals surface area contributed by atoms with Crippen LogP contribution in [0.5, 0.6) is 0 Å². The summed E-state index contributed by atoms with van der Waals surface area (Å²) in [5.41, 5.74) is 3.39. The van der Waals surface area contributed by atoms with Gasteiger partial charge in [-0.3, -0.25) is 9.59 Å². The maximum absolute atomic E-state index is 12.5. The lowest BCUT2D eigenvalue weighted by atomic mass is 9.79. The molecule has 0 spiro atoms. The summed E-state index contributed by atoms with van der Waals surface area (Å²) in [6.45, 7) is 1.40. The molecule has 0 saturated heterocycles. The summed E-state index contributed by atoms with van der Waals surface area (Å²) in [5.74, 6) is -1.55. The largest absolute Gasteiger partial charge is 0.480 e. The van der Waals surface area contributed by atoms with E-state index in [1.165, 1.54) is 18.1 Å². The van der Waals surface area contributed by atoms with E-state index in [1.54, 1.807) is 24.3 Å². The molecule has 6 nitrogen and oxygen atoms in total. The Morgan fingerprint density at radius 2 is 1.82 bits per heavy atom. The molecule has 0 bridgehead atoms. The third kappa shape index (κ3) is 4.76. The normalized spacial score (nSPS) is 16.5. The lowest BCUT2D eigenvalue weighted by Crippen LogP contribution is -2.42. The van der Waals surface area contributed by atoms with Gasteiger partial charge in [-0.1, -0.05) is 24.3 Å². The summed E-state index contributed by atoms with van der Waals surface area (Å²) in [4.78, 5) is 35.4. The van der Waals surface area contributed by atoms with Gasteiger partial charge in [-0.2, -0.15) is 0 Å². The third-order valence-corrected chi connectivity index (χ3v) is 5.08. The second-order valence-corrected chi connectivity index (χ2v) is 7.15. The molecule has 0 aromatic heterocycles. The van der Waals surface area contributed by atoms with Crippen molar-refractivity contribution in [1.82, 2.24) is 5.32 Å². The zero-order valence-corrected chi connectivity index (χ0v) is 15.8. The Labute approximate surface area is 164 Å². The fourth-order valence-corrected chi connectivity index (χ4v) is 3.76. The van der Waals surface area contributed by atoms with Crippen molar-refractivity contribution in [3.05, 3.63) is 65.2 Å². The molecule has 2 unspecified atom stereocenters. The van der Waals surface area contributed by atoms with Crippen LogP contribution in [0.4, 0.5) is 5.69 Å². The quantitative estimate of drug-likeness (QED) is 0.716. The highest BCUT2D eigenvalue weighted by Gasteiger charge is 2.28. The Balaban J connectivity index is 1.69. The molecule has 1 aliphatic carbocycles. The Morgan fingerprint density at radius 1 is 1.11 bits per heavy atom. The minimum absolute atomic E-state index is 0.119. The van der Waals surface area contributed by atoms with Crippen molar-refractivity contribution in [2.75, 3.05) is 5.32 Å². The zero-order valence-electron chi connectivity index (χ0n) is 15.8. The van der Waals surface area contributed by atoms with Gasteiger partial charge in [0.1, 0.15) is 6.04 Å². The molecule has 146 valence electrons. The second kappa shape index (κ2) is 8.69. The van der Waals surface area contributed by atoms with E-state index in [-0.39, 0.29) is 11.8 Å². The molecule has 0 saturated carbocycles. The molecule has 3 rings (SSSR count). The number of aryl methyl sites for hydroxylation is 1. The first kappa shape index (κ1) is 19.6. The Bertz CT molecular complexity index is 876. The molecule has 0 aliphatic heterocycles. The van der Waals surface area contributed by atoms with Gasteiger partial charge in [0.2, 0.25) is 5.91 Å². The number of anilines is 1. The molecule has 0 radical (unpaired) electrons.